The van der Waals surface area contributed by atoms with Crippen LogP contribution in [0.2, 0.25) is 0 Å². The average Bonchev–Trinajstić information content (AvgIpc) is 3.51. The molecular formula is C30H59N. The molecule has 0 saturated heterocycles. The molecule has 1 saturated carbocycles. The van der Waals surface area contributed by atoms with Gasteiger partial charge in [0.2, 0.25) is 0 Å². The summed E-state index contributed by atoms with van der Waals surface area (Å²) in [4.78, 5) is 2.45. The molecule has 0 heterocycles. The zero-order valence-electron chi connectivity index (χ0n) is 22.2. The van der Waals surface area contributed by atoms with E-state index in [0.717, 1.165) is 17.9 Å². The van der Waals surface area contributed by atoms with E-state index < -0.39 is 0 Å². The van der Waals surface area contributed by atoms with Gasteiger partial charge >= 0.3 is 0 Å². The van der Waals surface area contributed by atoms with Crippen molar-refractivity contribution in [2.45, 2.75) is 155 Å². The minimum atomic E-state index is 0.740. The van der Waals surface area contributed by atoms with Crippen LogP contribution in [0.1, 0.15) is 149 Å². The lowest BCUT2D eigenvalue weighted by molar-refractivity contribution is 0.272. The summed E-state index contributed by atoms with van der Waals surface area (Å²) in [6.07, 6.45) is 35.0. The van der Waals surface area contributed by atoms with Gasteiger partial charge in [0.1, 0.15) is 0 Å². The highest BCUT2D eigenvalue weighted by Gasteiger charge is 2.35. The third-order valence-corrected chi connectivity index (χ3v) is 7.64. The molecule has 0 radical (unpaired) electrons. The van der Waals surface area contributed by atoms with Gasteiger partial charge in [0.15, 0.2) is 0 Å². The highest BCUT2D eigenvalue weighted by Crippen LogP contribution is 2.45. The molecule has 0 N–H and O–H groups in total. The van der Waals surface area contributed by atoms with Crippen LogP contribution in [0.25, 0.3) is 0 Å². The predicted molar refractivity (Wildman–Crippen MR) is 142 cm³/mol. The monoisotopic (exact) mass is 433 g/mol. The molecule has 1 aliphatic carbocycles. The molecule has 0 aromatic carbocycles. The summed E-state index contributed by atoms with van der Waals surface area (Å²) < 4.78 is 0. The van der Waals surface area contributed by atoms with E-state index in [1.165, 1.54) is 128 Å². The van der Waals surface area contributed by atoms with Crippen molar-refractivity contribution >= 4 is 0 Å². The van der Waals surface area contributed by atoms with Gasteiger partial charge in [-0.3, -0.25) is 0 Å². The smallest absolute Gasteiger partial charge is 0.0124 e. The lowest BCUT2D eigenvalue weighted by Gasteiger charge is -2.23. The van der Waals surface area contributed by atoms with Gasteiger partial charge in [0, 0.05) is 6.04 Å². The molecule has 1 aliphatic rings. The Labute approximate surface area is 197 Å². The topological polar surface area (TPSA) is 3.24 Å². The second kappa shape index (κ2) is 20.3. The van der Waals surface area contributed by atoms with Crippen molar-refractivity contribution in [2.75, 3.05) is 14.1 Å². The fourth-order valence-electron chi connectivity index (χ4n) is 5.17. The molecule has 1 rings (SSSR count). The Morgan fingerprint density at radius 1 is 0.645 bits per heavy atom. The first kappa shape index (κ1) is 28.7. The van der Waals surface area contributed by atoms with E-state index in [-0.39, 0.29) is 0 Å². The van der Waals surface area contributed by atoms with Crippen molar-refractivity contribution < 1.29 is 0 Å². The van der Waals surface area contributed by atoms with Crippen molar-refractivity contribution in [3.63, 3.8) is 0 Å². The minimum Gasteiger partial charge on any atom is -0.306 e. The highest BCUT2D eigenvalue weighted by atomic mass is 15.1. The molecule has 184 valence electrons. The molecule has 0 aromatic heterocycles. The number of rotatable bonds is 23. The Balaban J connectivity index is 1.94. The summed E-state index contributed by atoms with van der Waals surface area (Å²) in [5, 5.41) is 0. The van der Waals surface area contributed by atoms with E-state index in [9.17, 15) is 0 Å². The van der Waals surface area contributed by atoms with Crippen molar-refractivity contribution in [1.82, 2.24) is 4.90 Å². The lowest BCUT2D eigenvalue weighted by atomic mass is 10.0. The first-order valence-corrected chi connectivity index (χ1v) is 14.5. The first-order chi connectivity index (χ1) is 15.2. The largest absolute Gasteiger partial charge is 0.306 e. The number of unbranched alkanes of at least 4 members (excludes halogenated alkanes) is 13. The Hall–Kier alpha value is -0.300. The van der Waals surface area contributed by atoms with Crippen molar-refractivity contribution in [1.29, 1.82) is 0 Å². The zero-order valence-corrected chi connectivity index (χ0v) is 22.2. The van der Waals surface area contributed by atoms with Crippen molar-refractivity contribution in [2.24, 2.45) is 11.8 Å². The van der Waals surface area contributed by atoms with Gasteiger partial charge < -0.3 is 4.90 Å². The Bertz CT molecular complexity index is 399. The molecule has 1 nitrogen and oxygen atoms in total. The molecule has 31 heavy (non-hydrogen) atoms. The number of hydrogen-bond donors (Lipinski definition) is 0. The molecule has 0 amide bonds. The fraction of sp³-hybridized carbons (Fsp3) is 0.933. The maximum atomic E-state index is 2.46. The zero-order chi connectivity index (χ0) is 22.6. The minimum absolute atomic E-state index is 0.740. The van der Waals surface area contributed by atoms with E-state index in [0.29, 0.717) is 0 Å². The van der Waals surface area contributed by atoms with Gasteiger partial charge in [0.25, 0.3) is 0 Å². The Morgan fingerprint density at radius 3 is 1.74 bits per heavy atom. The summed E-state index contributed by atoms with van der Waals surface area (Å²) >= 11 is 0. The third kappa shape index (κ3) is 16.9. The maximum absolute atomic E-state index is 2.46. The SMILES string of the molecule is CCCCCC/C=C\CC(CCCCC1C[C@@H]1CCCCCCCCCCC)N(C)C. The molecule has 0 spiro atoms. The number of allylic oxidation sites excluding steroid dienone is 1. The van der Waals surface area contributed by atoms with Crippen LogP contribution >= 0.6 is 0 Å². The Morgan fingerprint density at radius 2 is 1.16 bits per heavy atom. The van der Waals surface area contributed by atoms with Gasteiger partial charge in [-0.2, -0.15) is 0 Å². The van der Waals surface area contributed by atoms with Gasteiger partial charge in [-0.1, -0.05) is 129 Å². The van der Waals surface area contributed by atoms with E-state index in [1.54, 1.807) is 6.42 Å². The van der Waals surface area contributed by atoms with Crippen LogP contribution in [-0.2, 0) is 0 Å². The van der Waals surface area contributed by atoms with Gasteiger partial charge in [-0.05, 0) is 58.0 Å². The first-order valence-electron chi connectivity index (χ1n) is 14.5. The third-order valence-electron chi connectivity index (χ3n) is 7.64. The summed E-state index contributed by atoms with van der Waals surface area (Å²) in [6, 6.07) is 0.740. The summed E-state index contributed by atoms with van der Waals surface area (Å²) in [6.45, 7) is 4.60. The van der Waals surface area contributed by atoms with Gasteiger partial charge in [0.05, 0.1) is 0 Å². The van der Waals surface area contributed by atoms with Gasteiger partial charge in [-0.15, -0.1) is 0 Å². The van der Waals surface area contributed by atoms with Crippen LogP contribution in [-0.4, -0.2) is 25.0 Å². The highest BCUT2D eigenvalue weighted by molar-refractivity contribution is 4.88. The molecule has 0 aromatic rings. The second-order valence-corrected chi connectivity index (χ2v) is 10.8. The number of hydrogen-bond acceptors (Lipinski definition) is 1. The van der Waals surface area contributed by atoms with Gasteiger partial charge in [-0.25, -0.2) is 0 Å². The molecular weight excluding hydrogens is 374 g/mol. The second-order valence-electron chi connectivity index (χ2n) is 10.8. The van der Waals surface area contributed by atoms with Crippen LogP contribution in [0, 0.1) is 11.8 Å². The Kier molecular flexibility index (Phi) is 18.8. The summed E-state index contributed by atoms with van der Waals surface area (Å²) in [5.74, 6) is 2.19. The fourth-order valence-corrected chi connectivity index (χ4v) is 5.17. The van der Waals surface area contributed by atoms with E-state index in [4.69, 9.17) is 0 Å². The van der Waals surface area contributed by atoms with Crippen molar-refractivity contribution in [3.05, 3.63) is 12.2 Å². The van der Waals surface area contributed by atoms with E-state index in [1.807, 2.05) is 0 Å². The van der Waals surface area contributed by atoms with Crippen LogP contribution < -0.4 is 0 Å². The molecule has 1 heteroatoms. The number of nitrogens with zero attached hydrogens (tertiary/aromatic N) is 1. The quantitative estimate of drug-likeness (QED) is 0.114. The van der Waals surface area contributed by atoms with Crippen molar-refractivity contribution in [3.8, 4) is 0 Å². The summed E-state index contributed by atoms with van der Waals surface area (Å²) in [5.41, 5.74) is 0. The van der Waals surface area contributed by atoms with E-state index in [2.05, 4.69) is 45.0 Å². The van der Waals surface area contributed by atoms with Crippen LogP contribution in [0.15, 0.2) is 12.2 Å². The molecule has 1 fully saturated rings. The maximum Gasteiger partial charge on any atom is 0.0124 e. The molecule has 3 atom stereocenters. The van der Waals surface area contributed by atoms with Crippen LogP contribution in [0.3, 0.4) is 0 Å². The summed E-state index contributed by atoms with van der Waals surface area (Å²) in [7, 11) is 4.53. The van der Waals surface area contributed by atoms with Crippen LogP contribution in [0.5, 0.6) is 0 Å². The van der Waals surface area contributed by atoms with Crippen LogP contribution in [0.4, 0.5) is 0 Å². The van der Waals surface area contributed by atoms with E-state index >= 15 is 0 Å². The molecule has 2 unspecified atom stereocenters. The molecule has 0 aliphatic heterocycles. The standard InChI is InChI=1S/C30H59N/c1-5-7-9-11-13-14-16-17-19-23-28-27-29(28)24-21-22-26-30(31(3)4)25-20-18-15-12-10-8-6-2/h18,20,28-30H,5-17,19,21-27H2,1-4H3/b20-18-/t28-,29?,30?/m0/s1. The lowest BCUT2D eigenvalue weighted by Crippen LogP contribution is -2.27. The molecule has 0 bridgehead atoms. The average molecular weight is 434 g/mol. The normalized spacial score (nSPS) is 19.5. The predicted octanol–water partition coefficient (Wildman–Crippen LogP) is 9.95.